The van der Waals surface area contributed by atoms with Crippen molar-refractivity contribution in [1.82, 2.24) is 4.31 Å². The van der Waals surface area contributed by atoms with Crippen LogP contribution in [0.5, 0.6) is 11.5 Å². The summed E-state index contributed by atoms with van der Waals surface area (Å²) in [7, 11) is -3.97. The highest BCUT2D eigenvalue weighted by Crippen LogP contribution is 2.33. The number of carbonyl (C=O) groups excluding carboxylic acids is 1. The molecule has 9 heteroatoms. The molecular formula is C23H28N2O6S. The minimum absolute atomic E-state index is 0.0549. The van der Waals surface area contributed by atoms with Gasteiger partial charge >= 0.3 is 0 Å². The minimum Gasteiger partial charge on any atom is -0.486 e. The number of hydrogen-bond donors (Lipinski definition) is 1. The van der Waals surface area contributed by atoms with Crippen LogP contribution in [0.25, 0.3) is 0 Å². The van der Waals surface area contributed by atoms with Gasteiger partial charge in [0.15, 0.2) is 11.5 Å². The second kappa shape index (κ2) is 9.48. The number of rotatable bonds is 7. The molecule has 172 valence electrons. The van der Waals surface area contributed by atoms with Gasteiger partial charge in [0.1, 0.15) is 13.2 Å². The number of benzene rings is 2. The van der Waals surface area contributed by atoms with Crippen LogP contribution in [-0.4, -0.2) is 57.6 Å². The molecule has 2 aromatic rings. The zero-order chi connectivity index (χ0) is 22.7. The molecule has 1 fully saturated rings. The molecule has 32 heavy (non-hydrogen) atoms. The van der Waals surface area contributed by atoms with Gasteiger partial charge in [-0.15, -0.1) is 0 Å². The number of nitrogens with one attached hydrogen (secondary N) is 1. The third-order valence-corrected chi connectivity index (χ3v) is 7.59. The third-order valence-electron chi connectivity index (χ3n) is 5.78. The average molecular weight is 461 g/mol. The quantitative estimate of drug-likeness (QED) is 0.683. The molecule has 1 N–H and O–H groups in total. The second-order valence-corrected chi connectivity index (χ2v) is 9.97. The van der Waals surface area contributed by atoms with Gasteiger partial charge in [0.05, 0.1) is 17.5 Å². The molecule has 1 saturated heterocycles. The fraction of sp³-hybridized carbons (Fsp3) is 0.435. The van der Waals surface area contributed by atoms with Crippen LogP contribution in [0, 0.1) is 13.8 Å². The van der Waals surface area contributed by atoms with E-state index in [4.69, 9.17) is 14.2 Å². The van der Waals surface area contributed by atoms with Crippen molar-refractivity contribution in [2.45, 2.75) is 37.7 Å². The van der Waals surface area contributed by atoms with Crippen LogP contribution in [0.4, 0.5) is 5.69 Å². The number of carbonyl (C=O) groups is 1. The standard InChI is InChI=1S/C23H28N2O6S/c1-16-5-3-7-20(17(16)2)24-23(26)15-25(14-18-6-4-10-29-18)32(27,28)19-8-9-21-22(13-19)31-12-11-30-21/h3,5,7-9,13,18H,4,6,10-12,14-15H2,1-2H3,(H,24,26). The Balaban J connectivity index is 1.58. The average Bonchev–Trinajstić information content (AvgIpc) is 3.29. The maximum atomic E-state index is 13.5. The number of sulfonamides is 1. The first kappa shape index (κ1) is 22.6. The van der Waals surface area contributed by atoms with E-state index < -0.39 is 15.9 Å². The topological polar surface area (TPSA) is 94.2 Å². The van der Waals surface area contributed by atoms with E-state index >= 15 is 0 Å². The van der Waals surface area contributed by atoms with Crippen LogP contribution in [0.15, 0.2) is 41.3 Å². The summed E-state index contributed by atoms with van der Waals surface area (Å²) in [6.07, 6.45) is 1.39. The molecule has 1 amide bonds. The van der Waals surface area contributed by atoms with E-state index in [2.05, 4.69) is 5.32 Å². The summed E-state index contributed by atoms with van der Waals surface area (Å²) in [6, 6.07) is 10.1. The highest BCUT2D eigenvalue weighted by molar-refractivity contribution is 7.89. The summed E-state index contributed by atoms with van der Waals surface area (Å²) in [6.45, 7) is 5.04. The van der Waals surface area contributed by atoms with E-state index in [1.165, 1.54) is 16.4 Å². The van der Waals surface area contributed by atoms with Gasteiger partial charge in [-0.25, -0.2) is 8.42 Å². The summed E-state index contributed by atoms with van der Waals surface area (Å²) < 4.78 is 44.9. The summed E-state index contributed by atoms with van der Waals surface area (Å²) in [4.78, 5) is 12.9. The van der Waals surface area contributed by atoms with Gasteiger partial charge in [0.2, 0.25) is 15.9 Å². The van der Waals surface area contributed by atoms with E-state index in [1.54, 1.807) is 12.1 Å². The number of aryl methyl sites for hydroxylation is 1. The van der Waals surface area contributed by atoms with E-state index in [-0.39, 0.29) is 24.1 Å². The molecule has 4 rings (SSSR count). The largest absolute Gasteiger partial charge is 0.486 e. The van der Waals surface area contributed by atoms with Gasteiger partial charge in [-0.1, -0.05) is 12.1 Å². The van der Waals surface area contributed by atoms with E-state index in [0.717, 1.165) is 24.0 Å². The predicted molar refractivity (Wildman–Crippen MR) is 120 cm³/mol. The summed E-state index contributed by atoms with van der Waals surface area (Å²) in [5, 5.41) is 2.85. The summed E-state index contributed by atoms with van der Waals surface area (Å²) in [5.41, 5.74) is 2.66. The second-order valence-electron chi connectivity index (χ2n) is 8.03. The Labute approximate surface area is 188 Å². The van der Waals surface area contributed by atoms with Crippen LogP contribution in [-0.2, 0) is 19.6 Å². The Morgan fingerprint density at radius 1 is 1.09 bits per heavy atom. The number of anilines is 1. The van der Waals surface area contributed by atoms with Crippen LogP contribution in [0.2, 0.25) is 0 Å². The molecule has 0 aliphatic carbocycles. The molecule has 8 nitrogen and oxygen atoms in total. The number of fused-ring (bicyclic) bond motifs is 1. The lowest BCUT2D eigenvalue weighted by Crippen LogP contribution is -2.42. The van der Waals surface area contributed by atoms with Gasteiger partial charge in [-0.05, 0) is 56.0 Å². The van der Waals surface area contributed by atoms with E-state index in [0.29, 0.717) is 37.0 Å². The number of amides is 1. The Morgan fingerprint density at radius 3 is 2.62 bits per heavy atom. The van der Waals surface area contributed by atoms with Gasteiger partial charge in [0, 0.05) is 24.9 Å². The molecule has 0 saturated carbocycles. The summed E-state index contributed by atoms with van der Waals surface area (Å²) >= 11 is 0. The van der Waals surface area contributed by atoms with Crippen molar-refractivity contribution in [3.05, 3.63) is 47.5 Å². The molecule has 1 unspecified atom stereocenters. The highest BCUT2D eigenvalue weighted by atomic mass is 32.2. The van der Waals surface area contributed by atoms with Crippen molar-refractivity contribution in [2.75, 3.05) is 38.2 Å². The normalized spacial score (nSPS) is 18.0. The SMILES string of the molecule is Cc1cccc(NC(=O)CN(CC2CCCO2)S(=O)(=O)c2ccc3c(c2)OCCO3)c1C. The highest BCUT2D eigenvalue weighted by Gasteiger charge is 2.32. The van der Waals surface area contributed by atoms with Gasteiger partial charge in [-0.2, -0.15) is 4.31 Å². The first-order valence-corrected chi connectivity index (χ1v) is 12.2. The third kappa shape index (κ3) is 4.90. The van der Waals surface area contributed by atoms with Crippen LogP contribution >= 0.6 is 0 Å². The fourth-order valence-corrected chi connectivity index (χ4v) is 5.28. The van der Waals surface area contributed by atoms with Gasteiger partial charge < -0.3 is 19.5 Å². The smallest absolute Gasteiger partial charge is 0.243 e. The van der Waals surface area contributed by atoms with Crippen LogP contribution < -0.4 is 14.8 Å². The molecule has 0 bridgehead atoms. The maximum Gasteiger partial charge on any atom is 0.243 e. The fourth-order valence-electron chi connectivity index (χ4n) is 3.83. The van der Waals surface area contributed by atoms with E-state index in [1.807, 2.05) is 26.0 Å². The molecule has 2 heterocycles. The van der Waals surface area contributed by atoms with E-state index in [9.17, 15) is 13.2 Å². The molecule has 0 aromatic heterocycles. The van der Waals surface area contributed by atoms with Crippen molar-refractivity contribution >= 4 is 21.6 Å². The van der Waals surface area contributed by atoms with Crippen molar-refractivity contribution in [3.63, 3.8) is 0 Å². The van der Waals surface area contributed by atoms with Crippen molar-refractivity contribution in [2.24, 2.45) is 0 Å². The molecule has 0 radical (unpaired) electrons. The summed E-state index contributed by atoms with van der Waals surface area (Å²) in [5.74, 6) is 0.487. The zero-order valence-corrected chi connectivity index (χ0v) is 19.1. The monoisotopic (exact) mass is 460 g/mol. The molecule has 2 aliphatic rings. The first-order chi connectivity index (χ1) is 15.3. The predicted octanol–water partition coefficient (Wildman–Crippen LogP) is 2.88. The maximum absolute atomic E-state index is 13.5. The van der Waals surface area contributed by atoms with Crippen LogP contribution in [0.3, 0.4) is 0 Å². The number of nitrogens with zero attached hydrogens (tertiary/aromatic N) is 1. The van der Waals surface area contributed by atoms with Crippen molar-refractivity contribution in [3.8, 4) is 11.5 Å². The van der Waals surface area contributed by atoms with Crippen molar-refractivity contribution < 1.29 is 27.4 Å². The molecular weight excluding hydrogens is 432 g/mol. The molecule has 0 spiro atoms. The first-order valence-electron chi connectivity index (χ1n) is 10.7. The van der Waals surface area contributed by atoms with Gasteiger partial charge in [0.25, 0.3) is 0 Å². The molecule has 2 aliphatic heterocycles. The minimum atomic E-state index is -3.97. The Bertz CT molecular complexity index is 1100. The Kier molecular flexibility index (Phi) is 6.68. The van der Waals surface area contributed by atoms with Gasteiger partial charge in [-0.3, -0.25) is 4.79 Å². The number of ether oxygens (including phenoxy) is 3. The lowest BCUT2D eigenvalue weighted by molar-refractivity contribution is -0.116. The molecule has 1 atom stereocenters. The lowest BCUT2D eigenvalue weighted by Gasteiger charge is -2.25. The lowest BCUT2D eigenvalue weighted by atomic mass is 10.1. The zero-order valence-electron chi connectivity index (χ0n) is 18.3. The van der Waals surface area contributed by atoms with Crippen LogP contribution in [0.1, 0.15) is 24.0 Å². The Morgan fingerprint density at radius 2 is 1.88 bits per heavy atom. The Hall–Kier alpha value is -2.62. The molecule has 2 aromatic carbocycles. The number of hydrogen-bond acceptors (Lipinski definition) is 6. The van der Waals surface area contributed by atoms with Crippen molar-refractivity contribution in [1.29, 1.82) is 0 Å².